The van der Waals surface area contributed by atoms with Gasteiger partial charge in [-0.2, -0.15) is 0 Å². The second kappa shape index (κ2) is 5.35. The molecule has 3 aliphatic rings. The van der Waals surface area contributed by atoms with Crippen LogP contribution in [0.3, 0.4) is 0 Å². The van der Waals surface area contributed by atoms with Crippen LogP contribution in [0, 0.1) is 0 Å². The maximum absolute atomic E-state index is 11.3. The molecule has 3 atom stereocenters. The number of anilines is 1. The zero-order valence-electron chi connectivity index (χ0n) is 12.7. The molecule has 0 radical (unpaired) electrons. The number of benzene rings is 1. The normalized spacial score (nSPS) is 28.7. The van der Waals surface area contributed by atoms with Gasteiger partial charge in [0.1, 0.15) is 6.04 Å². The van der Waals surface area contributed by atoms with Gasteiger partial charge in [-0.05, 0) is 17.7 Å². The van der Waals surface area contributed by atoms with Gasteiger partial charge in [0.05, 0.1) is 6.10 Å². The monoisotopic (exact) mass is 311 g/mol. The third-order valence-corrected chi connectivity index (χ3v) is 4.75. The lowest BCUT2D eigenvalue weighted by molar-refractivity contribution is -0.343. The van der Waals surface area contributed by atoms with Crippen molar-refractivity contribution in [2.45, 2.75) is 24.6 Å². The topological polar surface area (TPSA) is 63.8 Å². The molecular formula is C18H19N2O3+. The summed E-state index contributed by atoms with van der Waals surface area (Å²) in [6, 6.07) is 7.75. The molecule has 118 valence electrons. The van der Waals surface area contributed by atoms with E-state index in [2.05, 4.69) is 29.0 Å². The number of aliphatic hydroxyl groups excluding tert-OH is 1. The fraction of sp³-hybridized carbons (Fsp3) is 0.333. The van der Waals surface area contributed by atoms with E-state index in [9.17, 15) is 15.0 Å². The zero-order valence-corrected chi connectivity index (χ0v) is 12.7. The summed E-state index contributed by atoms with van der Waals surface area (Å²) in [5.74, 6) is -0.885. The molecule has 0 saturated carbocycles. The summed E-state index contributed by atoms with van der Waals surface area (Å²) >= 11 is 0. The van der Waals surface area contributed by atoms with Crippen molar-refractivity contribution in [1.82, 2.24) is 0 Å². The van der Waals surface area contributed by atoms with Crippen LogP contribution in [0.1, 0.15) is 12.0 Å². The average Bonchev–Trinajstić information content (AvgIpc) is 3.04. The molecule has 0 aliphatic carbocycles. The molecule has 0 bridgehead atoms. The largest absolute Gasteiger partial charge is 0.480 e. The Kier molecular flexibility index (Phi) is 3.31. The van der Waals surface area contributed by atoms with E-state index in [1.165, 1.54) is 5.57 Å². The summed E-state index contributed by atoms with van der Waals surface area (Å²) in [5.41, 5.74) is 3.26. The number of hydrogen-bond acceptors (Lipinski definition) is 3. The summed E-state index contributed by atoms with van der Waals surface area (Å²) in [7, 11) is 0. The summed E-state index contributed by atoms with van der Waals surface area (Å²) in [4.78, 5) is 13.1. The van der Waals surface area contributed by atoms with E-state index in [4.69, 9.17) is 0 Å². The number of carboxylic acid groups (broad SMARTS) is 1. The third kappa shape index (κ3) is 2.68. The van der Waals surface area contributed by atoms with E-state index in [1.807, 2.05) is 24.3 Å². The Morgan fingerprint density at radius 1 is 1.26 bits per heavy atom. The zero-order chi connectivity index (χ0) is 16.0. The minimum atomic E-state index is -0.885. The Morgan fingerprint density at radius 3 is 2.65 bits per heavy atom. The first kappa shape index (κ1) is 14.2. The molecule has 0 aromatic heterocycles. The van der Waals surface area contributed by atoms with Gasteiger partial charge in [0, 0.05) is 30.3 Å². The van der Waals surface area contributed by atoms with Crippen LogP contribution in [0.2, 0.25) is 0 Å². The quantitative estimate of drug-likeness (QED) is 0.646. The van der Waals surface area contributed by atoms with Crippen molar-refractivity contribution in [3.8, 4) is 0 Å². The number of fused-ring (bicyclic) bond motifs is 1. The standard InChI is InChI=1S/C18H18N2O3/c21-15-9-16(18(22)23)20(10-15)14-5-2-12(3-6-14)1-4-13-7-8-19-11-17(13)19/h1-8,15-17,21H,9-11H2/p+1. The fourth-order valence-corrected chi connectivity index (χ4v) is 3.38. The highest BCUT2D eigenvalue weighted by atomic mass is 16.4. The Labute approximate surface area is 134 Å². The highest BCUT2D eigenvalue weighted by molar-refractivity contribution is 5.79. The summed E-state index contributed by atoms with van der Waals surface area (Å²) in [6.45, 7) is 1.50. The van der Waals surface area contributed by atoms with Crippen molar-refractivity contribution >= 4 is 23.9 Å². The lowest BCUT2D eigenvalue weighted by atomic mass is 10.1. The van der Waals surface area contributed by atoms with Crippen LogP contribution >= 0.6 is 0 Å². The van der Waals surface area contributed by atoms with Crippen molar-refractivity contribution in [2.75, 3.05) is 18.0 Å². The smallest absolute Gasteiger partial charge is 0.326 e. The Hall–Kier alpha value is -2.40. The Morgan fingerprint density at radius 2 is 2.04 bits per heavy atom. The lowest BCUT2D eigenvalue weighted by Crippen LogP contribution is -2.35. The molecule has 4 rings (SSSR count). The number of aliphatic carboxylic acids is 1. The Bertz CT molecular complexity index is 733. The van der Waals surface area contributed by atoms with E-state index in [1.54, 1.807) is 4.90 Å². The minimum Gasteiger partial charge on any atom is -0.480 e. The van der Waals surface area contributed by atoms with Crippen LogP contribution in [0.4, 0.5) is 5.69 Å². The molecule has 2 N–H and O–H groups in total. The molecule has 0 spiro atoms. The first-order valence-electron chi connectivity index (χ1n) is 7.88. The molecule has 3 heterocycles. The van der Waals surface area contributed by atoms with Gasteiger partial charge in [-0.25, -0.2) is 9.37 Å². The van der Waals surface area contributed by atoms with Crippen LogP contribution in [-0.4, -0.2) is 58.2 Å². The van der Waals surface area contributed by atoms with Gasteiger partial charge in [-0.15, -0.1) is 0 Å². The number of rotatable bonds is 4. The highest BCUT2D eigenvalue weighted by Crippen LogP contribution is 2.28. The van der Waals surface area contributed by atoms with Crippen LogP contribution in [0.25, 0.3) is 6.08 Å². The van der Waals surface area contributed by atoms with Crippen LogP contribution in [0.15, 0.2) is 42.0 Å². The number of β-amino-alcohol motifs (C(OH)–C–C–N with tert-alkyl or cyclic N) is 1. The second-order valence-corrected chi connectivity index (χ2v) is 6.35. The molecule has 2 fully saturated rings. The van der Waals surface area contributed by atoms with Gasteiger partial charge in [0.15, 0.2) is 6.21 Å². The third-order valence-electron chi connectivity index (χ3n) is 4.75. The van der Waals surface area contributed by atoms with Gasteiger partial charge in [0.25, 0.3) is 0 Å². The fourth-order valence-electron chi connectivity index (χ4n) is 3.38. The van der Waals surface area contributed by atoms with Crippen LogP contribution in [-0.2, 0) is 4.79 Å². The van der Waals surface area contributed by atoms with Crippen LogP contribution in [0.5, 0.6) is 0 Å². The highest BCUT2D eigenvalue weighted by Gasteiger charge is 2.45. The molecule has 2 saturated heterocycles. The first-order valence-corrected chi connectivity index (χ1v) is 7.88. The number of hydrogen-bond donors (Lipinski definition) is 2. The van der Waals surface area contributed by atoms with Gasteiger partial charge in [-0.3, -0.25) is 0 Å². The molecule has 0 amide bonds. The van der Waals surface area contributed by atoms with Crippen molar-refractivity contribution < 1.29 is 19.6 Å². The number of nitrogens with zero attached hydrogens (tertiary/aromatic N) is 2. The number of carboxylic acids is 1. The molecular weight excluding hydrogens is 292 g/mol. The molecule has 3 aliphatic heterocycles. The van der Waals surface area contributed by atoms with E-state index in [0.717, 1.165) is 17.8 Å². The average molecular weight is 311 g/mol. The van der Waals surface area contributed by atoms with Crippen LogP contribution < -0.4 is 4.90 Å². The second-order valence-electron chi connectivity index (χ2n) is 6.35. The molecule has 5 nitrogen and oxygen atoms in total. The van der Waals surface area contributed by atoms with E-state index in [0.29, 0.717) is 12.6 Å². The molecule has 1 aromatic rings. The Balaban J connectivity index is 1.47. The number of carbonyl (C=O) groups is 1. The van der Waals surface area contributed by atoms with E-state index >= 15 is 0 Å². The van der Waals surface area contributed by atoms with Gasteiger partial charge in [-0.1, -0.05) is 24.3 Å². The minimum absolute atomic E-state index is 0.277. The summed E-state index contributed by atoms with van der Waals surface area (Å²) < 4.78 is 2.29. The predicted octanol–water partition coefficient (Wildman–Crippen LogP) is 1.13. The summed E-state index contributed by atoms with van der Waals surface area (Å²) in [5, 5.41) is 19.0. The van der Waals surface area contributed by atoms with E-state index in [-0.39, 0.29) is 6.42 Å². The van der Waals surface area contributed by atoms with Gasteiger partial charge >= 0.3 is 5.97 Å². The number of aliphatic hydroxyl groups is 1. The lowest BCUT2D eigenvalue weighted by Gasteiger charge is -2.23. The van der Waals surface area contributed by atoms with Crippen molar-refractivity contribution in [2.24, 2.45) is 0 Å². The maximum atomic E-state index is 11.3. The van der Waals surface area contributed by atoms with Gasteiger partial charge in [0.2, 0.25) is 12.6 Å². The molecule has 3 unspecified atom stereocenters. The first-order chi connectivity index (χ1) is 11.1. The molecule has 1 aromatic carbocycles. The van der Waals surface area contributed by atoms with Crippen molar-refractivity contribution in [1.29, 1.82) is 0 Å². The van der Waals surface area contributed by atoms with Gasteiger partial charge < -0.3 is 15.1 Å². The van der Waals surface area contributed by atoms with Crippen molar-refractivity contribution in [3.05, 3.63) is 47.6 Å². The number of allylic oxidation sites excluding steroid dienone is 1. The predicted molar refractivity (Wildman–Crippen MR) is 87.9 cm³/mol. The maximum Gasteiger partial charge on any atom is 0.326 e. The van der Waals surface area contributed by atoms with E-state index < -0.39 is 18.1 Å². The SMILES string of the molecule is O=C(O)C1CC(O)CN1c1ccc(/C=C/C2=CC=[N+]3CC23)cc1. The molecule has 5 heteroatoms. The van der Waals surface area contributed by atoms with Crippen molar-refractivity contribution in [3.63, 3.8) is 0 Å². The summed E-state index contributed by atoms with van der Waals surface area (Å²) in [6.07, 6.45) is 8.18. The molecule has 23 heavy (non-hydrogen) atoms.